The highest BCUT2D eigenvalue weighted by Crippen LogP contribution is 2.18. The van der Waals surface area contributed by atoms with Gasteiger partial charge in [0.15, 0.2) is 0 Å². The van der Waals surface area contributed by atoms with Crippen molar-refractivity contribution in [3.05, 3.63) is 23.4 Å². The third-order valence-electron chi connectivity index (χ3n) is 4.56. The van der Waals surface area contributed by atoms with Crippen LogP contribution in [0.3, 0.4) is 0 Å². The molecule has 2 aliphatic rings. The molecular weight excluding hydrogens is 344 g/mol. The molecule has 25 heavy (non-hydrogen) atoms. The third-order valence-corrected chi connectivity index (χ3v) is 4.67. The van der Waals surface area contributed by atoms with Crippen molar-refractivity contribution >= 4 is 23.8 Å². The molecule has 0 aromatic rings. The molecule has 2 atom stereocenters. The second-order valence-corrected chi connectivity index (χ2v) is 6.72. The van der Waals surface area contributed by atoms with E-state index in [9.17, 15) is 4.79 Å². The van der Waals surface area contributed by atoms with Crippen molar-refractivity contribution in [2.75, 3.05) is 33.4 Å². The molecule has 2 fully saturated rings. The Labute approximate surface area is 153 Å². The van der Waals surface area contributed by atoms with Gasteiger partial charge in [0, 0.05) is 43.9 Å². The van der Waals surface area contributed by atoms with Gasteiger partial charge in [-0.05, 0) is 25.3 Å². The second kappa shape index (κ2) is 9.91. The van der Waals surface area contributed by atoms with E-state index in [-0.39, 0.29) is 22.7 Å². The highest BCUT2D eigenvalue weighted by atomic mass is 35.5. The fraction of sp³-hybridized carbons (Fsp3) is 0.647. The molecule has 0 saturated carbocycles. The number of hydrogen-bond donors (Lipinski definition) is 2. The van der Waals surface area contributed by atoms with Crippen LogP contribution in [0.1, 0.15) is 19.3 Å². The summed E-state index contributed by atoms with van der Waals surface area (Å²) in [7, 11) is 1.71. The van der Waals surface area contributed by atoms with Crippen molar-refractivity contribution in [1.82, 2.24) is 10.2 Å². The standard InChI is InChI=1S/C17H27ClN4O3/c1-12(18)9-15(20-11-19)17(23)22-6-3-13(4-7-22)21-14-5-8-25-10-16(14)24-2/h9,11,13-14,16,21H,1,3-8,10H2,2H3,(H2,19,20)/b15-9-/t14-,16+/m1/s1. The molecule has 0 aliphatic carbocycles. The first-order valence-electron chi connectivity index (χ1n) is 8.51. The molecule has 0 spiro atoms. The molecule has 2 aliphatic heterocycles. The highest BCUT2D eigenvalue weighted by Gasteiger charge is 2.30. The Kier molecular flexibility index (Phi) is 7.90. The normalized spacial score (nSPS) is 26.2. The van der Waals surface area contributed by atoms with Crippen LogP contribution >= 0.6 is 11.6 Å². The van der Waals surface area contributed by atoms with Crippen molar-refractivity contribution in [3.63, 3.8) is 0 Å². The molecule has 3 N–H and O–H groups in total. The molecule has 0 aromatic heterocycles. The van der Waals surface area contributed by atoms with E-state index in [4.69, 9.17) is 26.8 Å². The van der Waals surface area contributed by atoms with Crippen molar-refractivity contribution in [2.24, 2.45) is 10.7 Å². The minimum Gasteiger partial charge on any atom is -0.390 e. The molecule has 2 heterocycles. The van der Waals surface area contributed by atoms with Crippen LogP contribution in [0, 0.1) is 0 Å². The summed E-state index contributed by atoms with van der Waals surface area (Å²) in [6.07, 6.45) is 5.29. The first-order valence-corrected chi connectivity index (χ1v) is 8.89. The van der Waals surface area contributed by atoms with Crippen molar-refractivity contribution in [1.29, 1.82) is 0 Å². The molecule has 1 amide bonds. The first-order chi connectivity index (χ1) is 12.0. The molecule has 140 valence electrons. The Morgan fingerprint density at radius 3 is 2.76 bits per heavy atom. The molecule has 8 heteroatoms. The third kappa shape index (κ3) is 5.81. The van der Waals surface area contributed by atoms with E-state index >= 15 is 0 Å². The number of aliphatic imine (C=N–C) groups is 1. The molecule has 0 unspecified atom stereocenters. The lowest BCUT2D eigenvalue weighted by molar-refractivity contribution is -0.128. The Balaban J connectivity index is 1.88. The van der Waals surface area contributed by atoms with Crippen LogP contribution in [-0.2, 0) is 14.3 Å². The molecule has 0 radical (unpaired) electrons. The summed E-state index contributed by atoms with van der Waals surface area (Å²) in [4.78, 5) is 18.2. The Bertz CT molecular complexity index is 530. The number of nitrogens with zero attached hydrogens (tertiary/aromatic N) is 2. The second-order valence-electron chi connectivity index (χ2n) is 6.23. The van der Waals surface area contributed by atoms with Crippen LogP contribution in [0.2, 0.25) is 0 Å². The fourth-order valence-electron chi connectivity index (χ4n) is 3.23. The monoisotopic (exact) mass is 370 g/mol. The number of rotatable bonds is 6. The number of hydrogen-bond acceptors (Lipinski definition) is 5. The van der Waals surface area contributed by atoms with Crippen LogP contribution in [0.4, 0.5) is 0 Å². The van der Waals surface area contributed by atoms with Gasteiger partial charge in [-0.25, -0.2) is 4.99 Å². The summed E-state index contributed by atoms with van der Waals surface area (Å²) < 4.78 is 10.9. The molecule has 2 rings (SSSR count). The van der Waals surface area contributed by atoms with Crippen molar-refractivity contribution in [2.45, 2.75) is 37.5 Å². The van der Waals surface area contributed by atoms with Gasteiger partial charge in [-0.1, -0.05) is 18.2 Å². The number of amides is 1. The SMILES string of the molecule is C=C(Cl)/C=C(\N=CN)C(=O)N1CCC(N[C@@H]2CCOC[C@@H]2OC)CC1. The van der Waals surface area contributed by atoms with Gasteiger partial charge in [0.1, 0.15) is 5.70 Å². The van der Waals surface area contributed by atoms with E-state index < -0.39 is 0 Å². The van der Waals surface area contributed by atoms with E-state index in [0.29, 0.717) is 31.8 Å². The number of carbonyl (C=O) groups is 1. The maximum atomic E-state index is 12.6. The summed E-state index contributed by atoms with van der Waals surface area (Å²) in [5, 5.41) is 3.91. The van der Waals surface area contributed by atoms with E-state index in [1.807, 2.05) is 0 Å². The predicted molar refractivity (Wildman–Crippen MR) is 98.5 cm³/mol. The van der Waals surface area contributed by atoms with Gasteiger partial charge in [-0.15, -0.1) is 0 Å². The van der Waals surface area contributed by atoms with Crippen LogP contribution in [0.25, 0.3) is 0 Å². The summed E-state index contributed by atoms with van der Waals surface area (Å²) in [5.74, 6) is -0.178. The molecule has 7 nitrogen and oxygen atoms in total. The largest absolute Gasteiger partial charge is 0.390 e. The molecule has 2 saturated heterocycles. The smallest absolute Gasteiger partial charge is 0.272 e. The Morgan fingerprint density at radius 2 is 2.16 bits per heavy atom. The lowest BCUT2D eigenvalue weighted by Gasteiger charge is -2.38. The number of allylic oxidation sites excluding steroid dienone is 2. The number of nitrogens with one attached hydrogen (secondary N) is 1. The van der Waals surface area contributed by atoms with Gasteiger partial charge in [0.05, 0.1) is 19.0 Å². The number of ether oxygens (including phenoxy) is 2. The summed E-state index contributed by atoms with van der Waals surface area (Å²) in [6.45, 7) is 6.26. The van der Waals surface area contributed by atoms with Crippen LogP contribution in [-0.4, -0.2) is 68.7 Å². The van der Waals surface area contributed by atoms with Crippen molar-refractivity contribution < 1.29 is 14.3 Å². The first kappa shape index (κ1) is 19.9. The minimum absolute atomic E-state index is 0.0802. The van der Waals surface area contributed by atoms with E-state index in [1.165, 1.54) is 6.08 Å². The van der Waals surface area contributed by atoms with Crippen molar-refractivity contribution in [3.8, 4) is 0 Å². The maximum Gasteiger partial charge on any atom is 0.272 e. The number of piperidine rings is 1. The summed E-state index contributed by atoms with van der Waals surface area (Å²) in [5.41, 5.74) is 5.52. The molecular formula is C17H27ClN4O3. The lowest BCUT2D eigenvalue weighted by Crippen LogP contribution is -2.54. The topological polar surface area (TPSA) is 89.2 Å². The number of methoxy groups -OCH3 is 1. The van der Waals surface area contributed by atoms with Gasteiger partial charge >= 0.3 is 0 Å². The van der Waals surface area contributed by atoms with Crippen LogP contribution < -0.4 is 11.1 Å². The number of halogens is 1. The predicted octanol–water partition coefficient (Wildman–Crippen LogP) is 0.994. The van der Waals surface area contributed by atoms with E-state index in [2.05, 4.69) is 16.9 Å². The van der Waals surface area contributed by atoms with E-state index in [1.54, 1.807) is 12.0 Å². The van der Waals surface area contributed by atoms with Crippen LogP contribution in [0.15, 0.2) is 28.4 Å². The van der Waals surface area contributed by atoms with Gasteiger partial charge < -0.3 is 25.4 Å². The van der Waals surface area contributed by atoms with Crippen LogP contribution in [0.5, 0.6) is 0 Å². The lowest BCUT2D eigenvalue weighted by atomic mass is 9.99. The molecule has 0 aromatic carbocycles. The Hall–Kier alpha value is -1.41. The number of nitrogens with two attached hydrogens (primary N) is 1. The van der Waals surface area contributed by atoms with Gasteiger partial charge in [0.2, 0.25) is 0 Å². The number of carbonyl (C=O) groups excluding carboxylic acids is 1. The summed E-state index contributed by atoms with van der Waals surface area (Å²) >= 11 is 5.76. The van der Waals surface area contributed by atoms with Gasteiger partial charge in [0.25, 0.3) is 5.91 Å². The zero-order valence-corrected chi connectivity index (χ0v) is 15.4. The minimum atomic E-state index is -0.178. The Morgan fingerprint density at radius 1 is 1.44 bits per heavy atom. The fourth-order valence-corrected chi connectivity index (χ4v) is 3.34. The van der Waals surface area contributed by atoms with Gasteiger partial charge in [-0.3, -0.25) is 4.79 Å². The zero-order valence-electron chi connectivity index (χ0n) is 14.6. The van der Waals surface area contributed by atoms with E-state index in [0.717, 1.165) is 32.2 Å². The quantitative estimate of drug-likeness (QED) is 0.315. The number of likely N-dealkylation sites (tertiary alicyclic amines) is 1. The molecule has 0 bridgehead atoms. The maximum absolute atomic E-state index is 12.6. The zero-order chi connectivity index (χ0) is 18.2. The highest BCUT2D eigenvalue weighted by molar-refractivity contribution is 6.31. The average Bonchev–Trinajstić information content (AvgIpc) is 2.61. The van der Waals surface area contributed by atoms with Gasteiger partial charge in [-0.2, -0.15) is 0 Å². The average molecular weight is 371 g/mol. The summed E-state index contributed by atoms with van der Waals surface area (Å²) in [6, 6.07) is 0.654.